The lowest BCUT2D eigenvalue weighted by atomic mass is 9.79. The molecular weight excluding hydrogens is 257 g/mol. The molecule has 0 saturated carbocycles. The summed E-state index contributed by atoms with van der Waals surface area (Å²) in [5.41, 5.74) is 2.56. The van der Waals surface area contributed by atoms with Crippen molar-refractivity contribution in [2.45, 2.75) is 31.5 Å². The minimum Gasteiger partial charge on any atom is -0.368 e. The molecule has 0 aromatic heterocycles. The van der Waals surface area contributed by atoms with Gasteiger partial charge < -0.3 is 10.1 Å². The summed E-state index contributed by atoms with van der Waals surface area (Å²) >= 11 is 6.22. The van der Waals surface area contributed by atoms with Crippen LogP contribution in [0.4, 0.5) is 0 Å². The molecule has 0 aliphatic carbocycles. The number of benzene rings is 1. The first-order valence-electron chi connectivity index (χ1n) is 5.89. The minimum absolute atomic E-state index is 0. The Morgan fingerprint density at radius 1 is 1.53 bits per heavy atom. The summed E-state index contributed by atoms with van der Waals surface area (Å²) in [6.45, 7) is 4.82. The maximum absolute atomic E-state index is 6.22. The molecule has 0 radical (unpaired) electrons. The lowest BCUT2D eigenvalue weighted by Gasteiger charge is -2.39. The van der Waals surface area contributed by atoms with Crippen LogP contribution in [0.3, 0.4) is 0 Å². The topological polar surface area (TPSA) is 21.3 Å². The molecule has 3 rings (SSSR count). The van der Waals surface area contributed by atoms with Crippen molar-refractivity contribution >= 4 is 24.0 Å². The van der Waals surface area contributed by atoms with Crippen LogP contribution in [-0.2, 0) is 11.3 Å². The second kappa shape index (κ2) is 4.77. The van der Waals surface area contributed by atoms with Gasteiger partial charge in [-0.25, -0.2) is 0 Å². The molecule has 0 bridgehead atoms. The molecule has 94 valence electrons. The van der Waals surface area contributed by atoms with Crippen LogP contribution in [0.2, 0.25) is 5.02 Å². The first-order chi connectivity index (χ1) is 7.77. The molecule has 2 nitrogen and oxygen atoms in total. The molecule has 2 aliphatic heterocycles. The van der Waals surface area contributed by atoms with Gasteiger partial charge in [0.2, 0.25) is 0 Å². The summed E-state index contributed by atoms with van der Waals surface area (Å²) in [6.07, 6.45) is 1.05. The fraction of sp³-hybridized carbons (Fsp3) is 0.538. The molecule has 17 heavy (non-hydrogen) atoms. The van der Waals surface area contributed by atoms with E-state index in [1.165, 1.54) is 11.1 Å². The van der Waals surface area contributed by atoms with E-state index in [1.54, 1.807) is 0 Å². The van der Waals surface area contributed by atoms with Crippen molar-refractivity contribution in [2.75, 3.05) is 13.1 Å². The summed E-state index contributed by atoms with van der Waals surface area (Å²) in [6, 6.07) is 6.20. The summed E-state index contributed by atoms with van der Waals surface area (Å²) in [7, 11) is 0. The van der Waals surface area contributed by atoms with Gasteiger partial charge in [0.25, 0.3) is 0 Å². The van der Waals surface area contributed by atoms with E-state index in [1.807, 2.05) is 12.1 Å². The van der Waals surface area contributed by atoms with Gasteiger partial charge in [-0.2, -0.15) is 0 Å². The fourth-order valence-electron chi connectivity index (χ4n) is 3.03. The summed E-state index contributed by atoms with van der Waals surface area (Å²) in [5.74, 6) is 0.458. The van der Waals surface area contributed by atoms with Crippen LogP contribution in [-0.4, -0.2) is 18.7 Å². The molecule has 2 atom stereocenters. The third-order valence-corrected chi connectivity index (χ3v) is 4.39. The van der Waals surface area contributed by atoms with E-state index < -0.39 is 0 Å². The van der Waals surface area contributed by atoms with Crippen molar-refractivity contribution in [3.05, 3.63) is 34.3 Å². The predicted molar refractivity (Wildman–Crippen MR) is 72.1 cm³/mol. The van der Waals surface area contributed by atoms with Gasteiger partial charge in [0.05, 0.1) is 12.2 Å². The van der Waals surface area contributed by atoms with E-state index in [2.05, 4.69) is 18.3 Å². The Morgan fingerprint density at radius 3 is 3.12 bits per heavy atom. The van der Waals surface area contributed by atoms with Crippen LogP contribution in [0.15, 0.2) is 18.2 Å². The highest BCUT2D eigenvalue weighted by atomic mass is 35.5. The second-order valence-electron chi connectivity index (χ2n) is 4.70. The van der Waals surface area contributed by atoms with Crippen LogP contribution in [0.5, 0.6) is 0 Å². The van der Waals surface area contributed by atoms with E-state index >= 15 is 0 Å². The highest BCUT2D eigenvalue weighted by molar-refractivity contribution is 6.31. The van der Waals surface area contributed by atoms with Gasteiger partial charge in [-0.15, -0.1) is 12.4 Å². The van der Waals surface area contributed by atoms with E-state index in [0.717, 1.165) is 24.5 Å². The Labute approximate surface area is 113 Å². The molecule has 2 aliphatic rings. The first-order valence-corrected chi connectivity index (χ1v) is 6.26. The maximum atomic E-state index is 6.22. The molecule has 0 spiro atoms. The fourth-order valence-corrected chi connectivity index (χ4v) is 3.26. The zero-order chi connectivity index (χ0) is 11.2. The SMILES string of the molecule is CC[C@@]12CNC[C@@H]1c1cccc(Cl)c1CO2.Cl. The molecule has 2 heterocycles. The Balaban J connectivity index is 0.00000108. The summed E-state index contributed by atoms with van der Waals surface area (Å²) in [4.78, 5) is 0. The van der Waals surface area contributed by atoms with Gasteiger partial charge in [0.15, 0.2) is 0 Å². The lowest BCUT2D eigenvalue weighted by Crippen LogP contribution is -2.42. The van der Waals surface area contributed by atoms with Crippen molar-refractivity contribution in [2.24, 2.45) is 0 Å². The second-order valence-corrected chi connectivity index (χ2v) is 5.11. The van der Waals surface area contributed by atoms with E-state index in [0.29, 0.717) is 12.5 Å². The van der Waals surface area contributed by atoms with E-state index in [9.17, 15) is 0 Å². The normalized spacial score (nSPS) is 30.4. The van der Waals surface area contributed by atoms with E-state index in [-0.39, 0.29) is 18.0 Å². The molecule has 1 fully saturated rings. The van der Waals surface area contributed by atoms with Gasteiger partial charge in [-0.05, 0) is 23.6 Å². The highest BCUT2D eigenvalue weighted by Gasteiger charge is 2.46. The number of halogens is 2. The average Bonchev–Trinajstić information content (AvgIpc) is 2.74. The molecule has 1 aromatic rings. The Hall–Kier alpha value is -0.280. The summed E-state index contributed by atoms with van der Waals surface area (Å²) in [5, 5.41) is 4.29. The third-order valence-electron chi connectivity index (χ3n) is 4.04. The third kappa shape index (κ3) is 1.88. The monoisotopic (exact) mass is 273 g/mol. The van der Waals surface area contributed by atoms with Crippen LogP contribution in [0.25, 0.3) is 0 Å². The van der Waals surface area contributed by atoms with Gasteiger partial charge in [-0.1, -0.05) is 30.7 Å². The molecule has 1 N–H and O–H groups in total. The Kier molecular flexibility index (Phi) is 3.69. The maximum Gasteiger partial charge on any atom is 0.0888 e. The largest absolute Gasteiger partial charge is 0.368 e. The first kappa shape index (κ1) is 13.2. The van der Waals surface area contributed by atoms with Crippen molar-refractivity contribution < 1.29 is 4.74 Å². The standard InChI is InChI=1S/C13H16ClNO.ClH/c1-2-13-8-15-6-11(13)9-4-3-5-12(14)10(9)7-16-13;/h3-5,11,15H,2,6-8H2,1H3;1H/t11-,13-;/m1./s1. The molecule has 1 saturated heterocycles. The molecule has 0 amide bonds. The van der Waals surface area contributed by atoms with E-state index in [4.69, 9.17) is 16.3 Å². The van der Waals surface area contributed by atoms with Gasteiger partial charge in [0, 0.05) is 24.0 Å². The number of hydrogen-bond donors (Lipinski definition) is 1. The summed E-state index contributed by atoms with van der Waals surface area (Å²) < 4.78 is 6.10. The number of ether oxygens (including phenoxy) is 1. The molecule has 0 unspecified atom stereocenters. The molecule has 4 heteroatoms. The lowest BCUT2D eigenvalue weighted by molar-refractivity contribution is -0.0678. The van der Waals surface area contributed by atoms with Crippen molar-refractivity contribution in [3.63, 3.8) is 0 Å². The van der Waals surface area contributed by atoms with Gasteiger partial charge in [0.1, 0.15) is 0 Å². The molecular formula is C13H17Cl2NO. The minimum atomic E-state index is -0.00230. The smallest absolute Gasteiger partial charge is 0.0888 e. The predicted octanol–water partition coefficient (Wildman–Crippen LogP) is 3.13. The molecule has 1 aromatic carbocycles. The van der Waals surface area contributed by atoms with Crippen LogP contribution < -0.4 is 5.32 Å². The Morgan fingerprint density at radius 2 is 2.35 bits per heavy atom. The number of nitrogens with one attached hydrogen (secondary N) is 1. The van der Waals surface area contributed by atoms with Crippen LogP contribution in [0.1, 0.15) is 30.4 Å². The van der Waals surface area contributed by atoms with Crippen LogP contribution in [0, 0.1) is 0 Å². The van der Waals surface area contributed by atoms with Crippen molar-refractivity contribution in [1.82, 2.24) is 5.32 Å². The van der Waals surface area contributed by atoms with Gasteiger partial charge >= 0.3 is 0 Å². The number of fused-ring (bicyclic) bond motifs is 3. The van der Waals surface area contributed by atoms with Crippen LogP contribution >= 0.6 is 24.0 Å². The van der Waals surface area contributed by atoms with Crippen molar-refractivity contribution in [3.8, 4) is 0 Å². The number of rotatable bonds is 1. The average molecular weight is 274 g/mol. The van der Waals surface area contributed by atoms with Crippen molar-refractivity contribution in [1.29, 1.82) is 0 Å². The highest BCUT2D eigenvalue weighted by Crippen LogP contribution is 2.44. The number of hydrogen-bond acceptors (Lipinski definition) is 2. The Bertz CT molecular complexity index is 424. The zero-order valence-electron chi connectivity index (χ0n) is 9.83. The van der Waals surface area contributed by atoms with Gasteiger partial charge in [-0.3, -0.25) is 0 Å². The quantitative estimate of drug-likeness (QED) is 0.849. The zero-order valence-corrected chi connectivity index (χ0v) is 11.4.